The molecule has 2 nitrogen and oxygen atoms in total. The second-order valence-electron chi connectivity index (χ2n) is 4.87. The number of fused-ring (bicyclic) bond motifs is 2. The Balaban J connectivity index is 2.34. The highest BCUT2D eigenvalue weighted by Gasteiger charge is 2.48. The van der Waals surface area contributed by atoms with Gasteiger partial charge in [-0.1, -0.05) is 19.4 Å². The lowest BCUT2D eigenvalue weighted by molar-refractivity contribution is -0.131. The zero-order chi connectivity index (χ0) is 9.64. The summed E-state index contributed by atoms with van der Waals surface area (Å²) in [5.74, 6) is 0.509. The van der Waals surface area contributed by atoms with E-state index in [1.807, 2.05) is 0 Å². The van der Waals surface area contributed by atoms with E-state index in [9.17, 15) is 4.79 Å². The molecule has 13 heavy (non-hydrogen) atoms. The third-order valence-corrected chi connectivity index (χ3v) is 3.92. The number of carboxylic acids is 1. The van der Waals surface area contributed by atoms with Crippen molar-refractivity contribution in [1.82, 2.24) is 0 Å². The van der Waals surface area contributed by atoms with E-state index in [0.29, 0.717) is 5.92 Å². The van der Waals surface area contributed by atoms with Crippen molar-refractivity contribution in [3.8, 4) is 0 Å². The Kier molecular flexibility index (Phi) is 1.76. The van der Waals surface area contributed by atoms with Crippen LogP contribution in [0.15, 0.2) is 11.6 Å². The zero-order valence-electron chi connectivity index (χ0n) is 8.21. The van der Waals surface area contributed by atoms with Crippen molar-refractivity contribution in [1.29, 1.82) is 0 Å². The van der Waals surface area contributed by atoms with E-state index in [-0.39, 0.29) is 5.41 Å². The van der Waals surface area contributed by atoms with Gasteiger partial charge in [0.25, 0.3) is 0 Å². The maximum atomic E-state index is 10.6. The minimum Gasteiger partial charge on any atom is -0.478 e. The molecular weight excluding hydrogens is 164 g/mol. The highest BCUT2D eigenvalue weighted by atomic mass is 16.4. The van der Waals surface area contributed by atoms with Crippen LogP contribution < -0.4 is 0 Å². The van der Waals surface area contributed by atoms with Crippen molar-refractivity contribution < 1.29 is 9.90 Å². The van der Waals surface area contributed by atoms with Crippen molar-refractivity contribution in [3.05, 3.63) is 11.6 Å². The van der Waals surface area contributed by atoms with E-state index in [2.05, 4.69) is 13.8 Å². The van der Waals surface area contributed by atoms with E-state index < -0.39 is 5.97 Å². The number of carbonyl (C=O) groups is 1. The summed E-state index contributed by atoms with van der Waals surface area (Å²) < 4.78 is 0. The number of hydrogen-bond donors (Lipinski definition) is 1. The van der Waals surface area contributed by atoms with Gasteiger partial charge in [0.05, 0.1) is 0 Å². The Morgan fingerprint density at radius 3 is 2.69 bits per heavy atom. The lowest BCUT2D eigenvalue weighted by Crippen LogP contribution is -2.23. The first-order chi connectivity index (χ1) is 6.01. The molecule has 0 aliphatic heterocycles. The molecule has 72 valence electrons. The molecule has 0 spiro atoms. The van der Waals surface area contributed by atoms with Crippen molar-refractivity contribution in [2.75, 3.05) is 0 Å². The summed E-state index contributed by atoms with van der Waals surface area (Å²) >= 11 is 0. The van der Waals surface area contributed by atoms with Crippen molar-refractivity contribution in [2.45, 2.75) is 33.1 Å². The smallest absolute Gasteiger partial charge is 0.328 e. The Hall–Kier alpha value is -0.790. The Labute approximate surface area is 78.6 Å². The predicted molar refractivity (Wildman–Crippen MR) is 50.3 cm³/mol. The molecule has 0 amide bonds. The highest BCUT2D eigenvalue weighted by Crippen LogP contribution is 2.58. The van der Waals surface area contributed by atoms with Gasteiger partial charge in [-0.2, -0.15) is 0 Å². The highest BCUT2D eigenvalue weighted by molar-refractivity contribution is 5.81. The molecule has 0 radical (unpaired) electrons. The molecule has 2 atom stereocenters. The van der Waals surface area contributed by atoms with Crippen LogP contribution in [-0.4, -0.2) is 11.1 Å². The summed E-state index contributed by atoms with van der Waals surface area (Å²) in [6.45, 7) is 4.37. The van der Waals surface area contributed by atoms with E-state index in [1.165, 1.54) is 30.9 Å². The van der Waals surface area contributed by atoms with Gasteiger partial charge in [-0.15, -0.1) is 0 Å². The van der Waals surface area contributed by atoms with Gasteiger partial charge in [0.2, 0.25) is 0 Å². The first-order valence-corrected chi connectivity index (χ1v) is 4.97. The summed E-state index contributed by atoms with van der Waals surface area (Å²) in [6, 6.07) is 0. The third kappa shape index (κ3) is 1.19. The lowest BCUT2D eigenvalue weighted by Gasteiger charge is -2.32. The number of carboxylic acid groups (broad SMARTS) is 1. The number of aliphatic carboxylic acids is 1. The minimum atomic E-state index is -0.782. The van der Waals surface area contributed by atoms with Crippen LogP contribution in [0.25, 0.3) is 0 Å². The van der Waals surface area contributed by atoms with Crippen LogP contribution in [-0.2, 0) is 4.79 Å². The van der Waals surface area contributed by atoms with Gasteiger partial charge in [0, 0.05) is 6.08 Å². The topological polar surface area (TPSA) is 37.3 Å². The second-order valence-corrected chi connectivity index (χ2v) is 4.87. The first kappa shape index (κ1) is 8.79. The van der Waals surface area contributed by atoms with Crippen LogP contribution in [0.5, 0.6) is 0 Å². The molecule has 0 aromatic heterocycles. The molecule has 0 heterocycles. The van der Waals surface area contributed by atoms with Crippen molar-refractivity contribution in [2.24, 2.45) is 17.3 Å². The average Bonchev–Trinajstić information content (AvgIpc) is 2.53. The standard InChI is InChI=1S/C11H16O2/c1-11(2)8-4-3-7(5-8)9(11)6-10(12)13/h6-8H,3-5H2,1-2H3,(H,12,13)/t7-,8+/m1/s1. The fourth-order valence-corrected chi connectivity index (χ4v) is 3.12. The molecule has 0 aromatic rings. The fourth-order valence-electron chi connectivity index (χ4n) is 3.12. The summed E-state index contributed by atoms with van der Waals surface area (Å²) in [5, 5.41) is 8.76. The molecule has 0 unspecified atom stereocenters. The predicted octanol–water partition coefficient (Wildman–Crippen LogP) is 2.45. The summed E-state index contributed by atoms with van der Waals surface area (Å²) in [5.41, 5.74) is 1.32. The lowest BCUT2D eigenvalue weighted by atomic mass is 9.73. The van der Waals surface area contributed by atoms with Gasteiger partial charge in [0.15, 0.2) is 0 Å². The Morgan fingerprint density at radius 1 is 1.54 bits per heavy atom. The summed E-state index contributed by atoms with van der Waals surface area (Å²) in [7, 11) is 0. The summed E-state index contributed by atoms with van der Waals surface area (Å²) in [6.07, 6.45) is 5.15. The molecule has 1 N–H and O–H groups in total. The van der Waals surface area contributed by atoms with E-state index in [1.54, 1.807) is 0 Å². The maximum Gasteiger partial charge on any atom is 0.328 e. The number of hydrogen-bond acceptors (Lipinski definition) is 1. The normalized spacial score (nSPS) is 38.5. The van der Waals surface area contributed by atoms with Gasteiger partial charge in [-0.3, -0.25) is 0 Å². The van der Waals surface area contributed by atoms with Gasteiger partial charge < -0.3 is 5.11 Å². The van der Waals surface area contributed by atoms with Crippen LogP contribution in [0, 0.1) is 17.3 Å². The molecule has 2 aliphatic rings. The van der Waals surface area contributed by atoms with Crippen LogP contribution in [0.2, 0.25) is 0 Å². The SMILES string of the molecule is CC1(C)C(=CC(=O)O)[C@@H]2CC[C@H]1C2. The van der Waals surface area contributed by atoms with Crippen LogP contribution in [0.4, 0.5) is 0 Å². The van der Waals surface area contributed by atoms with E-state index in [4.69, 9.17) is 5.11 Å². The largest absolute Gasteiger partial charge is 0.478 e. The molecule has 2 heteroatoms. The molecule has 2 bridgehead atoms. The molecular formula is C11H16O2. The maximum absolute atomic E-state index is 10.6. The first-order valence-electron chi connectivity index (χ1n) is 4.97. The number of rotatable bonds is 1. The molecule has 0 aromatic carbocycles. The minimum absolute atomic E-state index is 0.140. The monoisotopic (exact) mass is 180 g/mol. The van der Waals surface area contributed by atoms with Crippen molar-refractivity contribution in [3.63, 3.8) is 0 Å². The van der Waals surface area contributed by atoms with Gasteiger partial charge >= 0.3 is 5.97 Å². The zero-order valence-corrected chi connectivity index (χ0v) is 8.21. The van der Waals surface area contributed by atoms with Gasteiger partial charge in [0.1, 0.15) is 0 Å². The van der Waals surface area contributed by atoms with Gasteiger partial charge in [-0.25, -0.2) is 4.79 Å². The van der Waals surface area contributed by atoms with E-state index in [0.717, 1.165) is 5.92 Å². The molecule has 0 saturated heterocycles. The summed E-state index contributed by atoms with van der Waals surface area (Å²) in [4.78, 5) is 10.6. The van der Waals surface area contributed by atoms with Crippen LogP contribution in [0.1, 0.15) is 33.1 Å². The second kappa shape index (κ2) is 2.60. The van der Waals surface area contributed by atoms with Crippen LogP contribution in [0.3, 0.4) is 0 Å². The quantitative estimate of drug-likeness (QED) is 0.629. The van der Waals surface area contributed by atoms with Crippen molar-refractivity contribution >= 4 is 5.97 Å². The number of allylic oxidation sites excluding steroid dienone is 1. The molecule has 2 fully saturated rings. The third-order valence-electron chi connectivity index (χ3n) is 3.92. The molecule has 2 saturated carbocycles. The molecule has 2 rings (SSSR count). The Bertz CT molecular complexity index is 276. The average molecular weight is 180 g/mol. The van der Waals surface area contributed by atoms with Gasteiger partial charge in [-0.05, 0) is 36.5 Å². The Morgan fingerprint density at radius 2 is 2.23 bits per heavy atom. The fraction of sp³-hybridized carbons (Fsp3) is 0.727. The molecule has 2 aliphatic carbocycles. The van der Waals surface area contributed by atoms with Crippen LogP contribution >= 0.6 is 0 Å². The van der Waals surface area contributed by atoms with E-state index >= 15 is 0 Å².